The van der Waals surface area contributed by atoms with Gasteiger partial charge in [-0.2, -0.15) is 0 Å². The molecule has 3 rings (SSSR count). The lowest BCUT2D eigenvalue weighted by Crippen LogP contribution is -2.38. The molecule has 0 unspecified atom stereocenters. The third-order valence-electron chi connectivity index (χ3n) is 4.12. The van der Waals surface area contributed by atoms with Gasteiger partial charge in [-0.15, -0.1) is 0 Å². The maximum absolute atomic E-state index is 9.94. The van der Waals surface area contributed by atoms with E-state index < -0.39 is 0 Å². The van der Waals surface area contributed by atoms with Gasteiger partial charge in [0.25, 0.3) is 0 Å². The lowest BCUT2D eigenvalue weighted by Gasteiger charge is -2.25. The molecule has 1 aromatic heterocycles. The Labute approximate surface area is 114 Å². The van der Waals surface area contributed by atoms with Crippen LogP contribution in [0.5, 0.6) is 5.75 Å². The second kappa shape index (κ2) is 5.47. The first-order chi connectivity index (χ1) is 9.22. The predicted molar refractivity (Wildman–Crippen MR) is 75.1 cm³/mol. The summed E-state index contributed by atoms with van der Waals surface area (Å²) in [5.74, 6) is 0.329. The van der Waals surface area contributed by atoms with Crippen LogP contribution < -0.4 is 5.32 Å². The molecule has 0 radical (unpaired) electrons. The Bertz CT molecular complexity index is 439. The summed E-state index contributed by atoms with van der Waals surface area (Å²) in [6.45, 7) is 4.98. The largest absolute Gasteiger partial charge is 0.506 e. The molecular weight excluding hydrogens is 238 g/mol. The van der Waals surface area contributed by atoms with Gasteiger partial charge < -0.3 is 10.4 Å². The van der Waals surface area contributed by atoms with Crippen molar-refractivity contribution in [3.05, 3.63) is 23.5 Å². The maximum Gasteiger partial charge on any atom is 0.138 e. The topological polar surface area (TPSA) is 48.4 Å². The number of aryl methyl sites for hydroxylation is 1. The highest BCUT2D eigenvalue weighted by Gasteiger charge is 2.31. The minimum Gasteiger partial charge on any atom is -0.506 e. The number of hydrogen-bond donors (Lipinski definition) is 2. The van der Waals surface area contributed by atoms with Crippen molar-refractivity contribution in [2.45, 2.75) is 51.2 Å². The van der Waals surface area contributed by atoms with Crippen LogP contribution in [-0.4, -0.2) is 40.2 Å². The van der Waals surface area contributed by atoms with E-state index in [9.17, 15) is 5.11 Å². The molecule has 1 aliphatic carbocycles. The van der Waals surface area contributed by atoms with Crippen molar-refractivity contribution >= 4 is 0 Å². The van der Waals surface area contributed by atoms with Crippen LogP contribution in [0.1, 0.15) is 37.1 Å². The van der Waals surface area contributed by atoms with Crippen molar-refractivity contribution in [1.29, 1.82) is 0 Å². The third-order valence-corrected chi connectivity index (χ3v) is 4.12. The zero-order chi connectivity index (χ0) is 13.2. The summed E-state index contributed by atoms with van der Waals surface area (Å²) in [6.07, 6.45) is 5.15. The highest BCUT2D eigenvalue weighted by atomic mass is 16.3. The molecule has 0 amide bonds. The zero-order valence-corrected chi connectivity index (χ0v) is 11.6. The van der Waals surface area contributed by atoms with E-state index in [1.165, 1.54) is 25.7 Å². The van der Waals surface area contributed by atoms with Crippen molar-refractivity contribution in [2.75, 3.05) is 13.1 Å². The Balaban J connectivity index is 1.68. The van der Waals surface area contributed by atoms with Gasteiger partial charge in [0, 0.05) is 30.9 Å². The minimum atomic E-state index is 0.329. The molecule has 0 aromatic carbocycles. The van der Waals surface area contributed by atoms with Crippen LogP contribution in [0.3, 0.4) is 0 Å². The van der Waals surface area contributed by atoms with Gasteiger partial charge in [-0.05, 0) is 51.3 Å². The molecule has 2 aliphatic rings. The molecular formula is C15H23N3O. The van der Waals surface area contributed by atoms with E-state index in [1.807, 2.05) is 13.0 Å². The lowest BCUT2D eigenvalue weighted by atomic mass is 10.2. The molecule has 2 heterocycles. The third kappa shape index (κ3) is 3.25. The maximum atomic E-state index is 9.94. The second-order valence-corrected chi connectivity index (χ2v) is 5.87. The van der Waals surface area contributed by atoms with E-state index in [1.54, 1.807) is 6.07 Å². The molecule has 1 atom stereocenters. The number of hydrogen-bond acceptors (Lipinski definition) is 4. The van der Waals surface area contributed by atoms with Gasteiger partial charge in [0.05, 0.1) is 5.69 Å². The molecule has 1 saturated heterocycles. The van der Waals surface area contributed by atoms with Crippen LogP contribution in [0.4, 0.5) is 0 Å². The minimum absolute atomic E-state index is 0.329. The molecule has 19 heavy (non-hydrogen) atoms. The van der Waals surface area contributed by atoms with Crippen LogP contribution in [0.25, 0.3) is 0 Å². The quantitative estimate of drug-likeness (QED) is 0.848. The van der Waals surface area contributed by atoms with Crippen LogP contribution in [0, 0.1) is 6.92 Å². The standard InChI is InChI=1S/C15H23N3O/c1-11-4-7-15(19)14(17-11)10-18(13-5-6-13)9-12-3-2-8-16-12/h4,7,12-13,16,19H,2-3,5-6,8-10H2,1H3/t12-/m0/s1. The monoisotopic (exact) mass is 261 g/mol. The number of pyridine rings is 1. The summed E-state index contributed by atoms with van der Waals surface area (Å²) in [5, 5.41) is 13.5. The fourth-order valence-electron chi connectivity index (χ4n) is 2.89. The summed E-state index contributed by atoms with van der Waals surface area (Å²) in [5.41, 5.74) is 1.80. The van der Waals surface area contributed by atoms with Crippen molar-refractivity contribution < 1.29 is 5.11 Å². The first kappa shape index (κ1) is 12.9. The highest BCUT2D eigenvalue weighted by Crippen LogP contribution is 2.30. The average molecular weight is 261 g/mol. The number of rotatable bonds is 5. The molecule has 1 aromatic rings. The first-order valence-electron chi connectivity index (χ1n) is 7.35. The van der Waals surface area contributed by atoms with Gasteiger partial charge in [0.1, 0.15) is 5.75 Å². The predicted octanol–water partition coefficient (Wildman–Crippen LogP) is 1.81. The van der Waals surface area contributed by atoms with E-state index in [-0.39, 0.29) is 0 Å². The summed E-state index contributed by atoms with van der Waals surface area (Å²) >= 11 is 0. The summed E-state index contributed by atoms with van der Waals surface area (Å²) < 4.78 is 0. The molecule has 4 nitrogen and oxygen atoms in total. The Hall–Kier alpha value is -1.13. The highest BCUT2D eigenvalue weighted by molar-refractivity contribution is 5.27. The van der Waals surface area contributed by atoms with E-state index >= 15 is 0 Å². The van der Waals surface area contributed by atoms with Crippen molar-refractivity contribution in [2.24, 2.45) is 0 Å². The van der Waals surface area contributed by atoms with Crippen LogP contribution in [0.2, 0.25) is 0 Å². The number of nitrogens with one attached hydrogen (secondary N) is 1. The summed E-state index contributed by atoms with van der Waals surface area (Å²) in [4.78, 5) is 6.98. The van der Waals surface area contributed by atoms with Crippen LogP contribution >= 0.6 is 0 Å². The Morgan fingerprint density at radius 1 is 1.37 bits per heavy atom. The average Bonchev–Trinajstić information content (AvgIpc) is 3.12. The first-order valence-corrected chi connectivity index (χ1v) is 7.35. The van der Waals surface area contributed by atoms with Gasteiger partial charge in [0.15, 0.2) is 0 Å². The van der Waals surface area contributed by atoms with Gasteiger partial charge in [-0.25, -0.2) is 0 Å². The molecule has 0 bridgehead atoms. The molecule has 0 spiro atoms. The fourth-order valence-corrected chi connectivity index (χ4v) is 2.89. The second-order valence-electron chi connectivity index (χ2n) is 5.87. The van der Waals surface area contributed by atoms with E-state index in [0.29, 0.717) is 17.8 Å². The summed E-state index contributed by atoms with van der Waals surface area (Å²) in [6, 6.07) is 4.94. The molecule has 104 valence electrons. The van der Waals surface area contributed by atoms with Crippen LogP contribution in [-0.2, 0) is 6.54 Å². The number of aromatic nitrogens is 1. The van der Waals surface area contributed by atoms with Crippen molar-refractivity contribution in [3.63, 3.8) is 0 Å². The Kier molecular flexibility index (Phi) is 3.71. The van der Waals surface area contributed by atoms with E-state index in [0.717, 1.165) is 31.0 Å². The number of aromatic hydroxyl groups is 1. The van der Waals surface area contributed by atoms with Gasteiger partial charge in [-0.1, -0.05) is 0 Å². The van der Waals surface area contributed by atoms with Gasteiger partial charge in [0.2, 0.25) is 0 Å². The van der Waals surface area contributed by atoms with Crippen molar-refractivity contribution in [3.8, 4) is 5.75 Å². The summed E-state index contributed by atoms with van der Waals surface area (Å²) in [7, 11) is 0. The van der Waals surface area contributed by atoms with Gasteiger partial charge in [-0.3, -0.25) is 9.88 Å². The Morgan fingerprint density at radius 2 is 2.21 bits per heavy atom. The van der Waals surface area contributed by atoms with Gasteiger partial charge >= 0.3 is 0 Å². The molecule has 1 aliphatic heterocycles. The zero-order valence-electron chi connectivity index (χ0n) is 11.6. The smallest absolute Gasteiger partial charge is 0.138 e. The molecule has 2 N–H and O–H groups in total. The molecule has 2 fully saturated rings. The van der Waals surface area contributed by atoms with E-state index in [4.69, 9.17) is 0 Å². The van der Waals surface area contributed by atoms with Crippen LogP contribution in [0.15, 0.2) is 12.1 Å². The SMILES string of the molecule is Cc1ccc(O)c(CN(C[C@@H]2CCCN2)C2CC2)n1. The molecule has 4 heteroatoms. The lowest BCUT2D eigenvalue weighted by molar-refractivity contribution is 0.225. The van der Waals surface area contributed by atoms with Crippen molar-refractivity contribution in [1.82, 2.24) is 15.2 Å². The molecule has 1 saturated carbocycles. The number of nitrogens with zero attached hydrogens (tertiary/aromatic N) is 2. The fraction of sp³-hybridized carbons (Fsp3) is 0.667. The van der Waals surface area contributed by atoms with E-state index in [2.05, 4.69) is 15.2 Å². The normalized spacial score (nSPS) is 23.2. The Morgan fingerprint density at radius 3 is 2.89 bits per heavy atom.